The van der Waals surface area contributed by atoms with Crippen LogP contribution in [0.15, 0.2) is 82.8 Å². The largest absolute Gasteiger partial charge is 0.313 e. The molecule has 0 atom stereocenters. The van der Waals surface area contributed by atoms with Crippen molar-refractivity contribution in [2.45, 2.75) is 53.9 Å². The Morgan fingerprint density at radius 1 is 0.652 bits per heavy atom. The first kappa shape index (κ1) is 30.5. The molecule has 0 radical (unpaired) electrons. The number of benzene rings is 2. The lowest BCUT2D eigenvalue weighted by atomic mass is 10.3. The van der Waals surface area contributed by atoms with Crippen LogP contribution >= 0.6 is 0 Å². The number of carbonyl (C=O) groups is 2. The third kappa shape index (κ3) is 5.46. The van der Waals surface area contributed by atoms with Gasteiger partial charge in [0.05, 0.1) is 33.5 Å². The first-order chi connectivity index (χ1) is 22.2. The Kier molecular flexibility index (Phi) is 8.27. The number of hydrogen-bond donors (Lipinski definition) is 0. The molecule has 0 aliphatic heterocycles. The van der Waals surface area contributed by atoms with Crippen LogP contribution in [-0.2, 0) is 40.3 Å². The zero-order valence-electron chi connectivity index (χ0n) is 27.0. The minimum absolute atomic E-state index is 0.340. The molecule has 0 saturated heterocycles. The summed E-state index contributed by atoms with van der Waals surface area (Å²) in [6, 6.07) is 19.5. The molecule has 6 rings (SSSR count). The molecule has 2 aromatic carbocycles. The van der Waals surface area contributed by atoms with Crippen molar-refractivity contribution in [3.63, 3.8) is 0 Å². The van der Waals surface area contributed by atoms with E-state index in [2.05, 4.69) is 20.2 Å². The molecular formula is C34H38N10O2. The van der Waals surface area contributed by atoms with Gasteiger partial charge in [-0.1, -0.05) is 36.4 Å². The van der Waals surface area contributed by atoms with Crippen molar-refractivity contribution in [1.29, 1.82) is 0 Å². The minimum atomic E-state index is -0.340. The lowest BCUT2D eigenvalue weighted by Crippen LogP contribution is -2.27. The highest BCUT2D eigenvalue weighted by Gasteiger charge is 2.17. The van der Waals surface area contributed by atoms with Crippen LogP contribution in [0.2, 0.25) is 0 Å². The number of fused-ring (bicyclic) bond motifs is 2. The molecule has 4 heterocycles. The lowest BCUT2D eigenvalue weighted by molar-refractivity contribution is 0.0977. The first-order valence-electron chi connectivity index (χ1n) is 15.4. The average molecular weight is 619 g/mol. The number of imidazole rings is 2. The number of rotatable bonds is 8. The van der Waals surface area contributed by atoms with Crippen molar-refractivity contribution < 1.29 is 9.59 Å². The van der Waals surface area contributed by atoms with E-state index < -0.39 is 0 Å². The molecule has 12 heteroatoms. The quantitative estimate of drug-likeness (QED) is 0.239. The Morgan fingerprint density at radius 3 is 1.39 bits per heavy atom. The number of allylic oxidation sites excluding steroid dienone is 2. The highest BCUT2D eigenvalue weighted by molar-refractivity contribution is 5.94. The van der Waals surface area contributed by atoms with Gasteiger partial charge in [0.25, 0.3) is 11.8 Å². The Morgan fingerprint density at radius 2 is 1.02 bits per heavy atom. The summed E-state index contributed by atoms with van der Waals surface area (Å²) >= 11 is 0. The molecule has 6 aromatic rings. The van der Waals surface area contributed by atoms with Crippen LogP contribution in [0.4, 0.5) is 0 Å². The molecule has 0 aliphatic carbocycles. The smallest absolute Gasteiger partial charge is 0.298 e. The molecule has 236 valence electrons. The molecule has 0 unspecified atom stereocenters. The third-order valence-electron chi connectivity index (χ3n) is 8.14. The molecule has 12 nitrogen and oxygen atoms in total. The van der Waals surface area contributed by atoms with Crippen molar-refractivity contribution in [2.75, 3.05) is 0 Å². The maximum Gasteiger partial charge on any atom is 0.298 e. The summed E-state index contributed by atoms with van der Waals surface area (Å²) in [6.45, 7) is 9.76. The van der Waals surface area contributed by atoms with Crippen LogP contribution in [0.3, 0.4) is 0 Å². The summed E-state index contributed by atoms with van der Waals surface area (Å²) in [7, 11) is 3.83. The first-order valence-corrected chi connectivity index (χ1v) is 15.4. The number of aromatic nitrogens is 8. The van der Waals surface area contributed by atoms with E-state index in [0.29, 0.717) is 48.8 Å². The van der Waals surface area contributed by atoms with Crippen molar-refractivity contribution in [3.05, 3.63) is 107 Å². The predicted molar refractivity (Wildman–Crippen MR) is 176 cm³/mol. The average Bonchev–Trinajstić information content (AvgIpc) is 3.78. The summed E-state index contributed by atoms with van der Waals surface area (Å²) in [5.41, 5.74) is 7.41. The van der Waals surface area contributed by atoms with E-state index in [4.69, 9.17) is 0 Å². The Hall–Kier alpha value is -5.52. The molecule has 46 heavy (non-hydrogen) atoms. The van der Waals surface area contributed by atoms with E-state index in [9.17, 15) is 9.59 Å². The summed E-state index contributed by atoms with van der Waals surface area (Å²) in [5.74, 6) is -0.680. The number of carbonyl (C=O) groups excluding carboxylic acids is 2. The van der Waals surface area contributed by atoms with E-state index in [1.165, 1.54) is 0 Å². The maximum absolute atomic E-state index is 13.4. The number of nitrogens with zero attached hydrogens (tertiary/aromatic N) is 10. The number of aryl methyl sites for hydroxylation is 6. The van der Waals surface area contributed by atoms with Crippen LogP contribution < -0.4 is 11.2 Å². The van der Waals surface area contributed by atoms with E-state index in [-0.39, 0.29) is 11.8 Å². The van der Waals surface area contributed by atoms with Crippen LogP contribution in [0, 0.1) is 13.8 Å². The van der Waals surface area contributed by atoms with E-state index >= 15 is 0 Å². The van der Waals surface area contributed by atoms with Gasteiger partial charge in [-0.3, -0.25) is 19.0 Å². The van der Waals surface area contributed by atoms with Gasteiger partial charge in [0.1, 0.15) is 11.4 Å². The fourth-order valence-corrected chi connectivity index (χ4v) is 5.95. The highest BCUT2D eigenvalue weighted by Crippen LogP contribution is 2.15. The molecule has 0 saturated carbocycles. The van der Waals surface area contributed by atoms with Crippen molar-refractivity contribution >= 4 is 33.9 Å². The van der Waals surface area contributed by atoms with Crippen LogP contribution in [0.25, 0.3) is 22.1 Å². The van der Waals surface area contributed by atoms with E-state index in [1.807, 2.05) is 121 Å². The van der Waals surface area contributed by atoms with Gasteiger partial charge >= 0.3 is 0 Å². The van der Waals surface area contributed by atoms with Gasteiger partial charge in [-0.2, -0.15) is 20.2 Å². The van der Waals surface area contributed by atoms with Crippen molar-refractivity contribution in [1.82, 2.24) is 37.8 Å². The van der Waals surface area contributed by atoms with E-state index in [1.54, 1.807) is 21.5 Å². The highest BCUT2D eigenvalue weighted by atomic mass is 16.2. The van der Waals surface area contributed by atoms with Crippen LogP contribution in [0.1, 0.15) is 46.2 Å². The molecular weight excluding hydrogens is 580 g/mol. The topological polar surface area (TPSA) is 114 Å². The Bertz CT molecular complexity index is 2120. The predicted octanol–water partition coefficient (Wildman–Crippen LogP) is 4.06. The maximum atomic E-state index is 13.4. The second kappa shape index (κ2) is 12.5. The normalized spacial score (nSPS) is 12.8. The standard InChI is InChI=1S/C34H38N10O2/c1-7-43-29(21-23(3)37-43)31(45)35-33-39(5)25-15-9-11-17-27(25)41(33)19-13-14-20-42-28-18-12-10-16-26(28)40(6)34(42)36-32(46)30-22-24(4)38-44(30)8-2/h9-18,21-22H,7-8,19-20H2,1-6H3/b14-13+,35-33+,36-34+. The van der Waals surface area contributed by atoms with Gasteiger partial charge in [-0.15, -0.1) is 0 Å². The molecule has 0 spiro atoms. The van der Waals surface area contributed by atoms with Gasteiger partial charge < -0.3 is 18.3 Å². The van der Waals surface area contributed by atoms with E-state index in [0.717, 1.165) is 33.5 Å². The van der Waals surface area contributed by atoms with Gasteiger partial charge in [0, 0.05) is 40.3 Å². The summed E-state index contributed by atoms with van der Waals surface area (Å²) < 4.78 is 11.3. The van der Waals surface area contributed by atoms with Crippen LogP contribution in [0.5, 0.6) is 0 Å². The Balaban J connectivity index is 1.37. The fraction of sp³-hybridized carbons (Fsp3) is 0.294. The second-order valence-electron chi connectivity index (χ2n) is 11.2. The lowest BCUT2D eigenvalue weighted by Gasteiger charge is -2.04. The molecule has 0 fully saturated rings. The van der Waals surface area contributed by atoms with Gasteiger partial charge in [-0.25, -0.2) is 0 Å². The summed E-state index contributed by atoms with van der Waals surface area (Å²) in [5, 5.41) is 8.84. The monoisotopic (exact) mass is 618 g/mol. The zero-order valence-corrected chi connectivity index (χ0v) is 27.0. The molecule has 4 aromatic heterocycles. The Labute approximate surface area is 265 Å². The minimum Gasteiger partial charge on any atom is -0.313 e. The van der Waals surface area contributed by atoms with Gasteiger partial charge in [0.15, 0.2) is 0 Å². The van der Waals surface area contributed by atoms with Crippen molar-refractivity contribution in [3.8, 4) is 0 Å². The van der Waals surface area contributed by atoms with Gasteiger partial charge in [-0.05, 0) is 64.1 Å². The third-order valence-corrected chi connectivity index (χ3v) is 8.14. The molecule has 0 N–H and O–H groups in total. The SMILES string of the molecule is CCn1nc(C)cc1C(=O)/N=c1\n(C)c2ccccc2n1C/C=C/Cn1/c(=N/C(=O)c2cc(C)nn2CC)n(C)c2ccccc21. The molecule has 2 amide bonds. The number of para-hydroxylation sites is 4. The van der Waals surface area contributed by atoms with Crippen molar-refractivity contribution in [2.24, 2.45) is 24.1 Å². The number of hydrogen-bond acceptors (Lipinski definition) is 4. The second-order valence-corrected chi connectivity index (χ2v) is 11.2. The summed E-state index contributed by atoms with van der Waals surface area (Å²) in [6.07, 6.45) is 4.10. The van der Waals surface area contributed by atoms with Gasteiger partial charge in [0.2, 0.25) is 11.2 Å². The fourth-order valence-electron chi connectivity index (χ4n) is 5.95. The molecule has 0 aliphatic rings. The zero-order chi connectivity index (χ0) is 32.5. The molecule has 0 bridgehead atoms. The van der Waals surface area contributed by atoms with Crippen LogP contribution in [-0.4, -0.2) is 49.6 Å². The summed E-state index contributed by atoms with van der Waals surface area (Å²) in [4.78, 5) is 35.9. The number of amides is 2.